The minimum atomic E-state index is -3.54. The quantitative estimate of drug-likeness (QED) is 0.655. The molecule has 0 aliphatic carbocycles. The summed E-state index contributed by atoms with van der Waals surface area (Å²) in [5, 5.41) is 0.186. The fourth-order valence-corrected chi connectivity index (χ4v) is 3.85. The van der Waals surface area contributed by atoms with Crippen LogP contribution < -0.4 is 11.3 Å². The van der Waals surface area contributed by atoms with E-state index in [4.69, 9.17) is 17.4 Å². The van der Waals surface area contributed by atoms with Gasteiger partial charge in [0.1, 0.15) is 4.90 Å². The topological polar surface area (TPSA) is 88.3 Å². The maximum absolute atomic E-state index is 12.5. The van der Waals surface area contributed by atoms with Crippen molar-refractivity contribution < 1.29 is 8.42 Å². The van der Waals surface area contributed by atoms with E-state index < -0.39 is 10.0 Å². The number of aromatic nitrogens is 1. The molecule has 0 amide bonds. The first-order chi connectivity index (χ1) is 9.26. The van der Waals surface area contributed by atoms with Crippen LogP contribution in [0.25, 0.3) is 0 Å². The van der Waals surface area contributed by atoms with Crippen LogP contribution in [-0.2, 0) is 10.0 Å². The molecule has 0 saturated carbocycles. The van der Waals surface area contributed by atoms with Crippen molar-refractivity contribution in [2.45, 2.75) is 31.6 Å². The van der Waals surface area contributed by atoms with E-state index in [0.717, 1.165) is 12.8 Å². The van der Waals surface area contributed by atoms with Gasteiger partial charge in [0.15, 0.2) is 5.82 Å². The monoisotopic (exact) mass is 318 g/mol. The highest BCUT2D eigenvalue weighted by Gasteiger charge is 2.33. The van der Waals surface area contributed by atoms with Crippen molar-refractivity contribution >= 4 is 27.4 Å². The van der Waals surface area contributed by atoms with Crippen molar-refractivity contribution in [3.05, 3.63) is 17.3 Å². The van der Waals surface area contributed by atoms with Gasteiger partial charge in [-0.05, 0) is 24.3 Å². The lowest BCUT2D eigenvalue weighted by molar-refractivity contribution is 0.196. The third-order valence-electron chi connectivity index (χ3n) is 3.67. The molecule has 2 rings (SSSR count). The second-order valence-electron chi connectivity index (χ2n) is 5.71. The maximum Gasteiger partial charge on any atom is 0.244 e. The molecule has 1 aliphatic rings. The van der Waals surface area contributed by atoms with Gasteiger partial charge in [0.25, 0.3) is 0 Å². The molecule has 1 aromatic rings. The van der Waals surface area contributed by atoms with E-state index in [9.17, 15) is 8.42 Å². The van der Waals surface area contributed by atoms with Crippen LogP contribution in [0.4, 0.5) is 5.82 Å². The lowest BCUT2D eigenvalue weighted by Crippen LogP contribution is -2.41. The first kappa shape index (κ1) is 15.5. The van der Waals surface area contributed by atoms with Crippen LogP contribution in [0.5, 0.6) is 0 Å². The normalized spacial score (nSPS) is 19.8. The summed E-state index contributed by atoms with van der Waals surface area (Å²) in [6.45, 7) is 5.34. The second kappa shape index (κ2) is 5.48. The summed E-state index contributed by atoms with van der Waals surface area (Å²) in [6.07, 6.45) is 2.96. The van der Waals surface area contributed by atoms with Crippen molar-refractivity contribution in [1.82, 2.24) is 9.29 Å². The first-order valence-corrected chi connectivity index (χ1v) is 8.20. The molecule has 0 atom stereocenters. The number of nitrogens with one attached hydrogen (secondary N) is 1. The average Bonchev–Trinajstić information content (AvgIpc) is 2.38. The summed E-state index contributed by atoms with van der Waals surface area (Å²) >= 11 is 5.93. The zero-order chi connectivity index (χ0) is 15.0. The Hall–Kier alpha value is -0.890. The number of nitrogens with two attached hydrogens (primary N) is 1. The molecule has 0 aromatic carbocycles. The van der Waals surface area contributed by atoms with E-state index in [-0.39, 0.29) is 21.2 Å². The molecule has 3 N–H and O–H groups in total. The van der Waals surface area contributed by atoms with Crippen LogP contribution in [0.15, 0.2) is 17.2 Å². The number of sulfonamides is 1. The number of nitrogens with zero attached hydrogens (tertiary/aromatic N) is 2. The van der Waals surface area contributed by atoms with E-state index in [1.807, 2.05) is 0 Å². The average molecular weight is 319 g/mol. The maximum atomic E-state index is 12.5. The van der Waals surface area contributed by atoms with Crippen LogP contribution in [0.3, 0.4) is 0 Å². The Morgan fingerprint density at radius 3 is 2.50 bits per heavy atom. The molecule has 0 spiro atoms. The summed E-state index contributed by atoms with van der Waals surface area (Å²) in [4.78, 5) is 4.01. The largest absolute Gasteiger partial charge is 0.307 e. The van der Waals surface area contributed by atoms with Crippen LogP contribution in [0.1, 0.15) is 26.7 Å². The number of anilines is 1. The lowest BCUT2D eigenvalue weighted by Gasteiger charge is -2.36. The van der Waals surface area contributed by atoms with Gasteiger partial charge in [0.2, 0.25) is 10.0 Å². The highest BCUT2D eigenvalue weighted by molar-refractivity contribution is 7.89. The third-order valence-corrected chi connectivity index (χ3v) is 5.82. The molecule has 1 saturated heterocycles. The Kier molecular flexibility index (Phi) is 4.24. The van der Waals surface area contributed by atoms with Gasteiger partial charge in [-0.1, -0.05) is 25.4 Å². The minimum Gasteiger partial charge on any atom is -0.307 e. The van der Waals surface area contributed by atoms with E-state index in [1.54, 1.807) is 0 Å². The van der Waals surface area contributed by atoms with Crippen molar-refractivity contribution in [3.63, 3.8) is 0 Å². The fraction of sp³-hybridized carbons (Fsp3) is 0.583. The zero-order valence-electron chi connectivity index (χ0n) is 11.6. The fourth-order valence-electron chi connectivity index (χ4n) is 2.15. The molecular weight excluding hydrogens is 300 g/mol. The van der Waals surface area contributed by atoms with E-state index >= 15 is 0 Å². The predicted octanol–water partition coefficient (Wildman–Crippen LogP) is 1.83. The summed E-state index contributed by atoms with van der Waals surface area (Å²) in [7, 11) is -3.54. The van der Waals surface area contributed by atoms with Gasteiger partial charge in [-0.2, -0.15) is 4.31 Å². The highest BCUT2D eigenvalue weighted by Crippen LogP contribution is 2.33. The van der Waals surface area contributed by atoms with Crippen molar-refractivity contribution in [3.8, 4) is 0 Å². The minimum absolute atomic E-state index is 0.0983. The van der Waals surface area contributed by atoms with E-state index in [2.05, 4.69) is 24.3 Å². The van der Waals surface area contributed by atoms with Crippen molar-refractivity contribution in [2.75, 3.05) is 18.5 Å². The lowest BCUT2D eigenvalue weighted by atomic mass is 9.83. The highest BCUT2D eigenvalue weighted by atomic mass is 35.5. The zero-order valence-corrected chi connectivity index (χ0v) is 13.1. The van der Waals surface area contributed by atoms with Crippen molar-refractivity contribution in [1.29, 1.82) is 0 Å². The Bertz CT molecular complexity index is 593. The molecule has 0 bridgehead atoms. The molecule has 0 unspecified atom stereocenters. The summed E-state index contributed by atoms with van der Waals surface area (Å²) in [5.74, 6) is 5.48. The molecule has 8 heteroatoms. The number of nitrogen functional groups attached to an aromatic ring is 1. The molecule has 0 radical (unpaired) electrons. The number of hydrogen-bond acceptors (Lipinski definition) is 5. The van der Waals surface area contributed by atoms with Gasteiger partial charge in [0.05, 0.1) is 5.02 Å². The van der Waals surface area contributed by atoms with Gasteiger partial charge >= 0.3 is 0 Å². The molecule has 1 aliphatic heterocycles. The number of rotatable bonds is 3. The van der Waals surface area contributed by atoms with Crippen LogP contribution in [-0.4, -0.2) is 30.8 Å². The smallest absolute Gasteiger partial charge is 0.244 e. The third kappa shape index (κ3) is 3.06. The van der Waals surface area contributed by atoms with Crippen LogP contribution in [0, 0.1) is 5.41 Å². The Labute approximate surface area is 124 Å². The Morgan fingerprint density at radius 2 is 2.00 bits per heavy atom. The predicted molar refractivity (Wildman–Crippen MR) is 78.8 cm³/mol. The molecule has 1 fully saturated rings. The summed E-state index contributed by atoms with van der Waals surface area (Å²) in [6, 6.07) is 1.37. The number of halogens is 1. The van der Waals surface area contributed by atoms with Crippen LogP contribution in [0.2, 0.25) is 5.02 Å². The van der Waals surface area contributed by atoms with Gasteiger partial charge < -0.3 is 5.43 Å². The van der Waals surface area contributed by atoms with E-state index in [1.165, 1.54) is 16.6 Å². The molecule has 1 aromatic heterocycles. The molecule has 20 heavy (non-hydrogen) atoms. The van der Waals surface area contributed by atoms with Crippen molar-refractivity contribution in [2.24, 2.45) is 11.3 Å². The van der Waals surface area contributed by atoms with Crippen LogP contribution >= 0.6 is 11.6 Å². The standard InChI is InChI=1S/C12H19ClN4O2S/c1-12(2)3-5-17(6-4-12)20(18,19)9-7-10(13)11(16-14)15-8-9/h7-8H,3-6,14H2,1-2H3,(H,15,16). The summed E-state index contributed by atoms with van der Waals surface area (Å²) < 4.78 is 26.5. The number of piperidine rings is 1. The molecular formula is C12H19ClN4O2S. The van der Waals surface area contributed by atoms with Gasteiger partial charge in [0, 0.05) is 19.3 Å². The first-order valence-electron chi connectivity index (χ1n) is 6.39. The van der Waals surface area contributed by atoms with Gasteiger partial charge in [-0.3, -0.25) is 0 Å². The number of hydrazine groups is 1. The molecule has 6 nitrogen and oxygen atoms in total. The molecule has 112 valence electrons. The Morgan fingerprint density at radius 1 is 1.40 bits per heavy atom. The Balaban J connectivity index is 2.25. The summed E-state index contributed by atoms with van der Waals surface area (Å²) in [5.41, 5.74) is 2.50. The van der Waals surface area contributed by atoms with Gasteiger partial charge in [-0.15, -0.1) is 0 Å². The van der Waals surface area contributed by atoms with E-state index in [0.29, 0.717) is 13.1 Å². The second-order valence-corrected chi connectivity index (χ2v) is 8.06. The SMILES string of the molecule is CC1(C)CCN(S(=O)(=O)c2cnc(NN)c(Cl)c2)CC1. The number of pyridine rings is 1. The molecule has 2 heterocycles. The number of hydrogen-bond donors (Lipinski definition) is 2. The van der Waals surface area contributed by atoms with Gasteiger partial charge in [-0.25, -0.2) is 19.2 Å².